The molecule has 8 N–H and O–H groups in total. The third-order valence-electron chi connectivity index (χ3n) is 4.71. The van der Waals surface area contributed by atoms with E-state index in [0.717, 1.165) is 0 Å². The van der Waals surface area contributed by atoms with Crippen molar-refractivity contribution in [2.75, 3.05) is 6.54 Å². The number of aliphatic imine (C=N–C) groups is 1. The Morgan fingerprint density at radius 3 is 2.19 bits per heavy atom. The topological polar surface area (TPSA) is 185 Å². The molecule has 0 aromatic heterocycles. The van der Waals surface area contributed by atoms with Crippen LogP contribution in [0.5, 0.6) is 5.75 Å². The number of guanidine groups is 1. The molecule has 0 radical (unpaired) electrons. The van der Waals surface area contributed by atoms with E-state index >= 15 is 0 Å². The number of phenols is 1. The number of benzene rings is 2. The van der Waals surface area contributed by atoms with Gasteiger partial charge in [0, 0.05) is 12.1 Å². The Kier molecular flexibility index (Phi) is 8.72. The lowest BCUT2D eigenvalue weighted by atomic mass is 10.0. The van der Waals surface area contributed by atoms with E-state index in [2.05, 4.69) is 4.99 Å². The van der Waals surface area contributed by atoms with Crippen LogP contribution in [-0.4, -0.2) is 57.5 Å². The number of carbonyl (C=O) groups excluding carboxylic acids is 2. The molecular weight excluding hydrogens is 414 g/mol. The number of nitrogens with two attached hydrogens (primary N) is 3. The highest BCUT2D eigenvalue weighted by molar-refractivity contribution is 6.08. The molecule has 2 rings (SSSR count). The number of hydrogen-bond acceptors (Lipinski definition) is 6. The summed E-state index contributed by atoms with van der Waals surface area (Å²) in [6.07, 6.45) is 0.230. The van der Waals surface area contributed by atoms with E-state index in [4.69, 9.17) is 17.2 Å². The van der Waals surface area contributed by atoms with Crippen LogP contribution in [0.4, 0.5) is 0 Å². The van der Waals surface area contributed by atoms with E-state index in [1.54, 1.807) is 30.3 Å². The Labute approximate surface area is 185 Å². The van der Waals surface area contributed by atoms with Crippen molar-refractivity contribution in [3.63, 3.8) is 0 Å². The molecule has 0 fully saturated rings. The summed E-state index contributed by atoms with van der Waals surface area (Å²) in [5.74, 6) is -3.00. The molecule has 2 aromatic rings. The van der Waals surface area contributed by atoms with Crippen LogP contribution in [0, 0.1) is 0 Å². The maximum absolute atomic E-state index is 13.2. The molecule has 10 heteroatoms. The third-order valence-corrected chi connectivity index (χ3v) is 4.71. The monoisotopic (exact) mass is 441 g/mol. The maximum Gasteiger partial charge on any atom is 0.326 e. The van der Waals surface area contributed by atoms with Gasteiger partial charge >= 0.3 is 5.97 Å². The van der Waals surface area contributed by atoms with Crippen LogP contribution in [0.1, 0.15) is 28.8 Å². The van der Waals surface area contributed by atoms with Crippen LogP contribution in [0.2, 0.25) is 0 Å². The number of hydrogen-bond donors (Lipinski definition) is 5. The number of aliphatic carboxylic acids is 1. The molecule has 0 spiro atoms. The smallest absolute Gasteiger partial charge is 0.326 e. The van der Waals surface area contributed by atoms with Gasteiger partial charge in [0.1, 0.15) is 11.8 Å². The van der Waals surface area contributed by atoms with Crippen LogP contribution < -0.4 is 17.2 Å². The molecule has 2 atom stereocenters. The molecule has 0 aliphatic carbocycles. The second kappa shape index (κ2) is 11.5. The predicted molar refractivity (Wildman–Crippen MR) is 119 cm³/mol. The normalized spacial score (nSPS) is 12.4. The number of amides is 2. The summed E-state index contributed by atoms with van der Waals surface area (Å²) >= 11 is 0. The van der Waals surface area contributed by atoms with Crippen LogP contribution >= 0.6 is 0 Å². The molecule has 170 valence electrons. The summed E-state index contributed by atoms with van der Waals surface area (Å²) in [5, 5.41) is 19.2. The van der Waals surface area contributed by atoms with Crippen molar-refractivity contribution in [1.29, 1.82) is 0 Å². The van der Waals surface area contributed by atoms with Crippen molar-refractivity contribution in [2.45, 2.75) is 31.3 Å². The summed E-state index contributed by atoms with van der Waals surface area (Å²) in [7, 11) is 0. The summed E-state index contributed by atoms with van der Waals surface area (Å²) in [5.41, 5.74) is 17.5. The number of carboxylic acids is 1. The lowest BCUT2D eigenvalue weighted by Gasteiger charge is -2.29. The van der Waals surface area contributed by atoms with Crippen molar-refractivity contribution in [2.24, 2.45) is 22.2 Å². The molecule has 2 amide bonds. The lowest BCUT2D eigenvalue weighted by Crippen LogP contribution is -2.54. The number of imide groups is 1. The van der Waals surface area contributed by atoms with Crippen LogP contribution in [0.25, 0.3) is 0 Å². The van der Waals surface area contributed by atoms with Gasteiger partial charge in [0.25, 0.3) is 5.91 Å². The van der Waals surface area contributed by atoms with E-state index in [1.165, 1.54) is 24.3 Å². The van der Waals surface area contributed by atoms with Gasteiger partial charge in [0.2, 0.25) is 5.91 Å². The molecule has 10 nitrogen and oxygen atoms in total. The minimum atomic E-state index is -1.45. The van der Waals surface area contributed by atoms with Crippen LogP contribution in [0.3, 0.4) is 0 Å². The molecule has 0 saturated heterocycles. The minimum Gasteiger partial charge on any atom is -0.508 e. The van der Waals surface area contributed by atoms with Crippen molar-refractivity contribution in [3.05, 3.63) is 65.7 Å². The van der Waals surface area contributed by atoms with Crippen LogP contribution in [-0.2, 0) is 16.0 Å². The molecule has 32 heavy (non-hydrogen) atoms. The Hall–Kier alpha value is -3.92. The second-order valence-corrected chi connectivity index (χ2v) is 7.16. The number of phenolic OH excluding ortho intramolecular Hbond substituents is 1. The highest BCUT2D eigenvalue weighted by Gasteiger charge is 2.37. The van der Waals surface area contributed by atoms with Crippen LogP contribution in [0.15, 0.2) is 59.6 Å². The Morgan fingerprint density at radius 1 is 1.00 bits per heavy atom. The standard InChI is InChI=1S/C22H27N5O5/c23-17(13-14-8-10-16(28)11-9-14)20(30)27(19(29)15-5-2-1-3-6-15)18(21(31)32)7-4-12-26-22(24)25/h1-3,5-6,8-11,17-18,28H,4,7,12-13,23H2,(H,31,32)(H4,24,25,26)/t17-,18-/m0/s1. The van der Waals surface area contributed by atoms with Gasteiger partial charge in [-0.05, 0) is 49.1 Å². The van der Waals surface area contributed by atoms with E-state index in [1.807, 2.05) is 0 Å². The van der Waals surface area contributed by atoms with Crippen molar-refractivity contribution < 1.29 is 24.6 Å². The number of rotatable bonds is 10. The number of carbonyl (C=O) groups is 3. The fourth-order valence-electron chi connectivity index (χ4n) is 3.12. The van der Waals surface area contributed by atoms with E-state index in [9.17, 15) is 24.6 Å². The van der Waals surface area contributed by atoms with E-state index in [-0.39, 0.29) is 43.1 Å². The van der Waals surface area contributed by atoms with E-state index in [0.29, 0.717) is 10.5 Å². The quantitative estimate of drug-likeness (QED) is 0.200. The van der Waals surface area contributed by atoms with Gasteiger partial charge < -0.3 is 27.4 Å². The van der Waals surface area contributed by atoms with Crippen molar-refractivity contribution >= 4 is 23.7 Å². The molecule has 0 unspecified atom stereocenters. The van der Waals surface area contributed by atoms with Gasteiger partial charge in [-0.15, -0.1) is 0 Å². The number of carboxylic acid groups (broad SMARTS) is 1. The van der Waals surface area contributed by atoms with Crippen molar-refractivity contribution in [1.82, 2.24) is 4.90 Å². The van der Waals surface area contributed by atoms with Crippen molar-refractivity contribution in [3.8, 4) is 5.75 Å². The fourth-order valence-corrected chi connectivity index (χ4v) is 3.12. The largest absolute Gasteiger partial charge is 0.508 e. The first-order valence-corrected chi connectivity index (χ1v) is 9.94. The van der Waals surface area contributed by atoms with Gasteiger partial charge in [0.15, 0.2) is 5.96 Å². The van der Waals surface area contributed by atoms with E-state index < -0.39 is 29.9 Å². The second-order valence-electron chi connectivity index (χ2n) is 7.16. The first kappa shape index (κ1) is 24.4. The molecule has 0 aliphatic rings. The summed E-state index contributed by atoms with van der Waals surface area (Å²) in [6, 6.07) is 11.4. The maximum atomic E-state index is 13.2. The SMILES string of the molecule is NC(N)=NCCC[C@@H](C(=O)O)N(C(=O)c1ccccc1)C(=O)[C@@H](N)Cc1ccc(O)cc1. The van der Waals surface area contributed by atoms with Gasteiger partial charge in [-0.25, -0.2) is 4.79 Å². The molecule has 2 aromatic carbocycles. The molecule has 0 heterocycles. The zero-order valence-corrected chi connectivity index (χ0v) is 17.4. The molecule has 0 bridgehead atoms. The molecule has 0 aliphatic heterocycles. The minimum absolute atomic E-state index is 0.0532. The third kappa shape index (κ3) is 6.81. The van der Waals surface area contributed by atoms with Gasteiger partial charge in [-0.2, -0.15) is 0 Å². The van der Waals surface area contributed by atoms with Gasteiger partial charge in [-0.3, -0.25) is 19.5 Å². The number of aromatic hydroxyl groups is 1. The van der Waals surface area contributed by atoms with Gasteiger partial charge in [-0.1, -0.05) is 30.3 Å². The Morgan fingerprint density at radius 2 is 1.62 bits per heavy atom. The average molecular weight is 441 g/mol. The number of nitrogens with zero attached hydrogens (tertiary/aromatic N) is 2. The van der Waals surface area contributed by atoms with Gasteiger partial charge in [0.05, 0.1) is 6.04 Å². The Balaban J connectivity index is 2.31. The summed E-state index contributed by atoms with van der Waals surface area (Å²) in [4.78, 5) is 42.9. The fraction of sp³-hybridized carbons (Fsp3) is 0.273. The zero-order valence-electron chi connectivity index (χ0n) is 17.4. The summed E-state index contributed by atoms with van der Waals surface area (Å²) in [6.45, 7) is 0.146. The molecule has 0 saturated carbocycles. The highest BCUT2D eigenvalue weighted by atomic mass is 16.4. The predicted octanol–water partition coefficient (Wildman–Crippen LogP) is 0.438. The highest BCUT2D eigenvalue weighted by Crippen LogP contribution is 2.17. The first-order chi connectivity index (χ1) is 15.2. The summed E-state index contributed by atoms with van der Waals surface area (Å²) < 4.78 is 0. The zero-order chi connectivity index (χ0) is 23.7. The first-order valence-electron chi connectivity index (χ1n) is 9.94. The lowest BCUT2D eigenvalue weighted by molar-refractivity contribution is -0.148. The molecular formula is C22H27N5O5. The average Bonchev–Trinajstić information content (AvgIpc) is 2.77. The Bertz CT molecular complexity index is 958.